The molecule has 1 aromatic heterocycles. The van der Waals surface area contributed by atoms with Crippen molar-refractivity contribution in [2.24, 2.45) is 0 Å². The second-order valence-corrected chi connectivity index (χ2v) is 7.72. The van der Waals surface area contributed by atoms with Crippen molar-refractivity contribution in [3.8, 4) is 17.4 Å². The molecule has 9 nitrogen and oxygen atoms in total. The molecule has 0 spiro atoms. The van der Waals surface area contributed by atoms with Crippen molar-refractivity contribution in [3.63, 3.8) is 0 Å². The van der Waals surface area contributed by atoms with Crippen LogP contribution < -0.4 is 14.2 Å². The first-order valence-corrected chi connectivity index (χ1v) is 9.97. The third-order valence-corrected chi connectivity index (χ3v) is 5.37. The van der Waals surface area contributed by atoms with Gasteiger partial charge in [-0.15, -0.1) is 0 Å². The number of non-ortho nitro benzene ring substituents is 1. The van der Waals surface area contributed by atoms with Gasteiger partial charge in [-0.3, -0.25) is 10.1 Å². The lowest BCUT2D eigenvalue weighted by atomic mass is 10.3. The van der Waals surface area contributed by atoms with Gasteiger partial charge in [0.25, 0.3) is 5.69 Å². The van der Waals surface area contributed by atoms with Crippen LogP contribution in [0.3, 0.4) is 0 Å². The van der Waals surface area contributed by atoms with Gasteiger partial charge in [-0.1, -0.05) is 12.1 Å². The Morgan fingerprint density at radius 1 is 1.17 bits per heavy atom. The molecular weight excluding hydrogens is 417 g/mol. The number of aromatic nitrogens is 1. The van der Waals surface area contributed by atoms with E-state index in [0.29, 0.717) is 5.56 Å². The molecule has 0 saturated carbocycles. The molecule has 0 aliphatic heterocycles. The second-order valence-electron chi connectivity index (χ2n) is 5.98. The topological polar surface area (TPSA) is 121 Å². The predicted molar refractivity (Wildman–Crippen MR) is 104 cm³/mol. The molecule has 3 rings (SSSR count). The molecule has 2 aromatic carbocycles. The number of nitrogens with one attached hydrogen (secondary N) is 1. The molecule has 0 unspecified atom stereocenters. The van der Waals surface area contributed by atoms with Crippen LogP contribution in [0.25, 0.3) is 0 Å². The zero-order chi connectivity index (χ0) is 21.7. The molecule has 0 fully saturated rings. The minimum Gasteiger partial charge on any atom is -0.495 e. The largest absolute Gasteiger partial charge is 0.495 e. The standard InChI is InChI=1S/C19H16FN3O6S/c1-28-17-10-15(23(24)25)6-7-18(17)30(26,27)22-12-13-5-8-19(21-11-13)29-16-4-2-3-14(20)9-16/h2-11,22H,12H2,1H3. The molecule has 0 atom stereocenters. The van der Waals surface area contributed by atoms with E-state index in [-0.39, 0.29) is 34.5 Å². The molecule has 0 amide bonds. The van der Waals surface area contributed by atoms with Gasteiger partial charge in [0.05, 0.1) is 18.1 Å². The first-order valence-electron chi connectivity index (χ1n) is 8.49. The van der Waals surface area contributed by atoms with Gasteiger partial charge in [-0.05, 0) is 23.8 Å². The van der Waals surface area contributed by atoms with Crippen LogP contribution in [0.1, 0.15) is 5.56 Å². The van der Waals surface area contributed by atoms with E-state index in [4.69, 9.17) is 9.47 Å². The highest BCUT2D eigenvalue weighted by molar-refractivity contribution is 7.89. The van der Waals surface area contributed by atoms with Crippen LogP contribution in [0.5, 0.6) is 17.4 Å². The normalized spacial score (nSPS) is 11.1. The zero-order valence-electron chi connectivity index (χ0n) is 15.6. The van der Waals surface area contributed by atoms with Crippen molar-refractivity contribution in [1.82, 2.24) is 9.71 Å². The Balaban J connectivity index is 1.69. The number of benzene rings is 2. The van der Waals surface area contributed by atoms with E-state index in [9.17, 15) is 22.9 Å². The van der Waals surface area contributed by atoms with Gasteiger partial charge in [0.2, 0.25) is 15.9 Å². The number of hydrogen-bond donors (Lipinski definition) is 1. The monoisotopic (exact) mass is 433 g/mol. The van der Waals surface area contributed by atoms with Gasteiger partial charge in [-0.25, -0.2) is 22.5 Å². The number of halogens is 1. The van der Waals surface area contributed by atoms with E-state index in [2.05, 4.69) is 9.71 Å². The zero-order valence-corrected chi connectivity index (χ0v) is 16.4. The third kappa shape index (κ3) is 5.07. The Morgan fingerprint density at radius 3 is 2.60 bits per heavy atom. The summed E-state index contributed by atoms with van der Waals surface area (Å²) in [5, 5.41) is 10.8. The summed E-state index contributed by atoms with van der Waals surface area (Å²) in [5.41, 5.74) is 0.245. The Kier molecular flexibility index (Phi) is 6.23. The summed E-state index contributed by atoms with van der Waals surface area (Å²) in [6, 6.07) is 11.9. The third-order valence-electron chi connectivity index (χ3n) is 3.93. The van der Waals surface area contributed by atoms with Gasteiger partial charge >= 0.3 is 0 Å². The number of methoxy groups -OCH3 is 1. The van der Waals surface area contributed by atoms with Crippen LogP contribution in [0.2, 0.25) is 0 Å². The minimum atomic E-state index is -4.01. The van der Waals surface area contributed by atoms with Gasteiger partial charge in [0.15, 0.2) is 0 Å². The minimum absolute atomic E-state index is 0.0876. The summed E-state index contributed by atoms with van der Waals surface area (Å²) in [4.78, 5) is 14.0. The molecule has 156 valence electrons. The number of sulfonamides is 1. The fraction of sp³-hybridized carbons (Fsp3) is 0.105. The fourth-order valence-corrected chi connectivity index (χ4v) is 3.64. The van der Waals surface area contributed by atoms with E-state index in [1.54, 1.807) is 12.1 Å². The smallest absolute Gasteiger partial charge is 0.273 e. The van der Waals surface area contributed by atoms with Crippen LogP contribution in [0, 0.1) is 15.9 Å². The maximum atomic E-state index is 13.2. The molecule has 0 aliphatic rings. The van der Waals surface area contributed by atoms with Crippen molar-refractivity contribution in [3.05, 3.63) is 82.3 Å². The highest BCUT2D eigenvalue weighted by atomic mass is 32.2. The summed E-state index contributed by atoms with van der Waals surface area (Å²) in [5.74, 6) is -0.0978. The van der Waals surface area contributed by atoms with Crippen molar-refractivity contribution < 1.29 is 27.2 Å². The number of hydrogen-bond acceptors (Lipinski definition) is 7. The summed E-state index contributed by atoms with van der Waals surface area (Å²) in [7, 11) is -2.78. The Hall–Kier alpha value is -3.57. The van der Waals surface area contributed by atoms with Crippen LogP contribution >= 0.6 is 0 Å². The molecule has 0 aliphatic carbocycles. The average molecular weight is 433 g/mol. The molecule has 30 heavy (non-hydrogen) atoms. The molecule has 0 radical (unpaired) electrons. The second kappa shape index (κ2) is 8.84. The molecule has 1 N–H and O–H groups in total. The van der Waals surface area contributed by atoms with Crippen molar-refractivity contribution in [2.45, 2.75) is 11.4 Å². The molecule has 1 heterocycles. The quantitative estimate of drug-likeness (QED) is 0.427. The van der Waals surface area contributed by atoms with Crippen molar-refractivity contribution in [1.29, 1.82) is 0 Å². The lowest BCUT2D eigenvalue weighted by Gasteiger charge is -2.11. The average Bonchev–Trinajstić information content (AvgIpc) is 2.73. The van der Waals surface area contributed by atoms with Crippen LogP contribution in [-0.2, 0) is 16.6 Å². The van der Waals surface area contributed by atoms with Crippen molar-refractivity contribution >= 4 is 15.7 Å². The summed E-state index contributed by atoms with van der Waals surface area (Å²) in [6.07, 6.45) is 1.41. The van der Waals surface area contributed by atoms with E-state index >= 15 is 0 Å². The Bertz CT molecular complexity index is 1170. The summed E-state index contributed by atoms with van der Waals surface area (Å²) in [6.45, 7) is -0.0876. The number of ether oxygens (including phenoxy) is 2. The number of nitro benzene ring substituents is 1. The number of nitrogens with zero attached hydrogens (tertiary/aromatic N) is 2. The van der Waals surface area contributed by atoms with Crippen LogP contribution in [0.4, 0.5) is 10.1 Å². The highest BCUT2D eigenvalue weighted by Gasteiger charge is 2.22. The maximum absolute atomic E-state index is 13.2. The van der Waals surface area contributed by atoms with Crippen molar-refractivity contribution in [2.75, 3.05) is 7.11 Å². The number of rotatable bonds is 8. The number of pyridine rings is 1. The Labute approximate surface area is 171 Å². The van der Waals surface area contributed by atoms with Crippen LogP contribution in [-0.4, -0.2) is 25.4 Å². The van der Waals surface area contributed by atoms with Gasteiger partial charge in [-0.2, -0.15) is 0 Å². The summed E-state index contributed by atoms with van der Waals surface area (Å²) >= 11 is 0. The van der Waals surface area contributed by atoms with E-state index < -0.39 is 20.8 Å². The first kappa shape index (κ1) is 21.1. The molecule has 0 saturated heterocycles. The van der Waals surface area contributed by atoms with Crippen LogP contribution in [0.15, 0.2) is 65.7 Å². The molecular formula is C19H16FN3O6S. The SMILES string of the molecule is COc1cc([N+](=O)[O-])ccc1S(=O)(=O)NCc1ccc(Oc2cccc(F)c2)nc1. The lowest BCUT2D eigenvalue weighted by Crippen LogP contribution is -2.23. The first-order chi connectivity index (χ1) is 14.3. The van der Waals surface area contributed by atoms with E-state index in [1.807, 2.05) is 0 Å². The summed E-state index contributed by atoms with van der Waals surface area (Å²) < 4.78 is 51.1. The highest BCUT2D eigenvalue weighted by Crippen LogP contribution is 2.28. The number of nitro groups is 1. The molecule has 0 bridgehead atoms. The van der Waals surface area contributed by atoms with E-state index in [1.165, 1.54) is 37.6 Å². The Morgan fingerprint density at radius 2 is 1.97 bits per heavy atom. The van der Waals surface area contributed by atoms with Gasteiger partial charge < -0.3 is 9.47 Å². The predicted octanol–water partition coefficient (Wildman–Crippen LogP) is 3.41. The molecule has 11 heteroatoms. The fourth-order valence-electron chi connectivity index (χ4n) is 2.48. The van der Waals surface area contributed by atoms with Gasteiger partial charge in [0, 0.05) is 30.9 Å². The lowest BCUT2D eigenvalue weighted by molar-refractivity contribution is -0.385. The maximum Gasteiger partial charge on any atom is 0.273 e. The van der Waals surface area contributed by atoms with Gasteiger partial charge in [0.1, 0.15) is 22.2 Å². The molecule has 3 aromatic rings. The van der Waals surface area contributed by atoms with E-state index in [0.717, 1.165) is 18.2 Å².